The van der Waals surface area contributed by atoms with Crippen LogP contribution in [0.1, 0.15) is 32.0 Å². The van der Waals surface area contributed by atoms with Gasteiger partial charge < -0.3 is 10.5 Å². The van der Waals surface area contributed by atoms with Crippen molar-refractivity contribution >= 4 is 5.57 Å². The number of pyridine rings is 1. The van der Waals surface area contributed by atoms with Crippen LogP contribution in [-0.2, 0) is 0 Å². The Balaban J connectivity index is 0.00000121. The topological polar surface area (TPSA) is 48.1 Å². The van der Waals surface area contributed by atoms with Crippen LogP contribution >= 0.6 is 0 Å². The van der Waals surface area contributed by atoms with Crippen LogP contribution in [0.3, 0.4) is 0 Å². The molecule has 3 heteroatoms. The van der Waals surface area contributed by atoms with Gasteiger partial charge in [0.15, 0.2) is 0 Å². The summed E-state index contributed by atoms with van der Waals surface area (Å²) in [6.07, 6.45) is 1.62. The zero-order chi connectivity index (χ0) is 13.4. The van der Waals surface area contributed by atoms with Gasteiger partial charge in [0.2, 0.25) is 5.88 Å². The van der Waals surface area contributed by atoms with Crippen LogP contribution in [0.15, 0.2) is 30.5 Å². The SMILES string of the molecule is C=C/C(N)=C(/C)c1nc(OC)ccc1C.CC. The van der Waals surface area contributed by atoms with Crippen molar-refractivity contribution in [3.63, 3.8) is 0 Å². The highest BCUT2D eigenvalue weighted by Gasteiger charge is 2.06. The summed E-state index contributed by atoms with van der Waals surface area (Å²) in [6, 6.07) is 3.79. The molecule has 3 nitrogen and oxygen atoms in total. The number of ether oxygens (including phenoxy) is 1. The molecule has 1 aromatic rings. The van der Waals surface area contributed by atoms with E-state index in [-0.39, 0.29) is 0 Å². The van der Waals surface area contributed by atoms with E-state index in [0.29, 0.717) is 11.6 Å². The number of hydrogen-bond donors (Lipinski definition) is 1. The Morgan fingerprint density at radius 1 is 1.41 bits per heavy atom. The number of nitrogens with two attached hydrogens (primary N) is 1. The Morgan fingerprint density at radius 2 is 2.00 bits per heavy atom. The second-order valence-corrected chi connectivity index (χ2v) is 3.30. The largest absolute Gasteiger partial charge is 0.481 e. The highest BCUT2D eigenvalue weighted by molar-refractivity contribution is 5.68. The molecule has 94 valence electrons. The minimum atomic E-state index is 0.590. The standard InChI is InChI=1S/C12H16N2O.C2H6/c1-5-10(13)9(3)12-8(2)6-7-11(14-12)15-4;1-2/h5-7H,1,13H2,2-4H3;1-2H3/b10-9+;. The molecule has 0 amide bonds. The van der Waals surface area contributed by atoms with E-state index in [1.54, 1.807) is 13.2 Å². The third kappa shape index (κ3) is 3.94. The first-order valence-electron chi connectivity index (χ1n) is 5.71. The molecule has 0 aliphatic carbocycles. The summed E-state index contributed by atoms with van der Waals surface area (Å²) in [5.41, 5.74) is 9.27. The molecule has 17 heavy (non-hydrogen) atoms. The smallest absolute Gasteiger partial charge is 0.213 e. The minimum Gasteiger partial charge on any atom is -0.481 e. The van der Waals surface area contributed by atoms with Crippen LogP contribution in [0.25, 0.3) is 5.57 Å². The molecule has 0 spiro atoms. The third-order valence-corrected chi connectivity index (χ3v) is 2.29. The fraction of sp³-hybridized carbons (Fsp3) is 0.357. The summed E-state index contributed by atoms with van der Waals surface area (Å²) in [7, 11) is 1.59. The van der Waals surface area contributed by atoms with E-state index in [0.717, 1.165) is 16.8 Å². The molecule has 0 aliphatic rings. The summed E-state index contributed by atoms with van der Waals surface area (Å²) in [5, 5.41) is 0. The van der Waals surface area contributed by atoms with Crippen molar-refractivity contribution in [2.45, 2.75) is 27.7 Å². The lowest BCUT2D eigenvalue weighted by Crippen LogP contribution is -2.01. The fourth-order valence-electron chi connectivity index (χ4n) is 1.29. The summed E-state index contributed by atoms with van der Waals surface area (Å²) in [5.74, 6) is 0.590. The van der Waals surface area contributed by atoms with Gasteiger partial charge in [-0.1, -0.05) is 26.5 Å². The number of nitrogens with zero attached hydrogens (tertiary/aromatic N) is 1. The van der Waals surface area contributed by atoms with Gasteiger partial charge >= 0.3 is 0 Å². The molecule has 2 N–H and O–H groups in total. The molecular weight excluding hydrogens is 212 g/mol. The van der Waals surface area contributed by atoms with E-state index in [1.165, 1.54) is 0 Å². The molecular formula is C14H22N2O. The first-order valence-corrected chi connectivity index (χ1v) is 5.71. The lowest BCUT2D eigenvalue weighted by atomic mass is 10.1. The van der Waals surface area contributed by atoms with Crippen LogP contribution in [0.5, 0.6) is 5.88 Å². The number of aromatic nitrogens is 1. The van der Waals surface area contributed by atoms with E-state index in [1.807, 2.05) is 39.8 Å². The van der Waals surface area contributed by atoms with Crippen LogP contribution in [0.4, 0.5) is 0 Å². The number of allylic oxidation sites excluding steroid dienone is 2. The summed E-state index contributed by atoms with van der Waals surface area (Å²) in [6.45, 7) is 11.5. The third-order valence-electron chi connectivity index (χ3n) is 2.29. The summed E-state index contributed by atoms with van der Waals surface area (Å²) >= 11 is 0. The van der Waals surface area contributed by atoms with E-state index in [9.17, 15) is 0 Å². The molecule has 1 rings (SSSR count). The van der Waals surface area contributed by atoms with Crippen molar-refractivity contribution < 1.29 is 4.74 Å². The van der Waals surface area contributed by atoms with Crippen LogP contribution in [-0.4, -0.2) is 12.1 Å². The molecule has 0 fully saturated rings. The highest BCUT2D eigenvalue weighted by Crippen LogP contribution is 2.21. The Hall–Kier alpha value is -1.77. The minimum absolute atomic E-state index is 0.590. The maximum absolute atomic E-state index is 5.79. The molecule has 0 aliphatic heterocycles. The maximum atomic E-state index is 5.79. The van der Waals surface area contributed by atoms with Gasteiger partial charge in [0.25, 0.3) is 0 Å². The first kappa shape index (κ1) is 15.2. The average Bonchev–Trinajstić information content (AvgIpc) is 2.40. The van der Waals surface area contributed by atoms with Crippen molar-refractivity contribution in [3.05, 3.63) is 41.7 Å². The summed E-state index contributed by atoms with van der Waals surface area (Å²) < 4.78 is 5.07. The van der Waals surface area contributed by atoms with Gasteiger partial charge in [-0.3, -0.25) is 0 Å². The lowest BCUT2D eigenvalue weighted by Gasteiger charge is -2.08. The van der Waals surface area contributed by atoms with Crippen LogP contribution in [0.2, 0.25) is 0 Å². The zero-order valence-electron chi connectivity index (χ0n) is 11.4. The van der Waals surface area contributed by atoms with Gasteiger partial charge in [-0.25, -0.2) is 4.98 Å². The van der Waals surface area contributed by atoms with Gasteiger partial charge in [-0.2, -0.15) is 0 Å². The van der Waals surface area contributed by atoms with Gasteiger partial charge in [-0.15, -0.1) is 0 Å². The second-order valence-electron chi connectivity index (χ2n) is 3.30. The second kappa shape index (κ2) is 7.49. The normalized spacial score (nSPS) is 10.9. The monoisotopic (exact) mass is 234 g/mol. The molecule has 0 atom stereocenters. The first-order chi connectivity index (χ1) is 8.10. The molecule has 0 saturated heterocycles. The molecule has 0 aromatic carbocycles. The number of hydrogen-bond acceptors (Lipinski definition) is 3. The molecule has 0 saturated carbocycles. The van der Waals surface area contributed by atoms with E-state index < -0.39 is 0 Å². The fourth-order valence-corrected chi connectivity index (χ4v) is 1.29. The lowest BCUT2D eigenvalue weighted by molar-refractivity contribution is 0.397. The molecule has 1 aromatic heterocycles. The Labute approximate surface area is 104 Å². The van der Waals surface area contributed by atoms with E-state index >= 15 is 0 Å². The van der Waals surface area contributed by atoms with Gasteiger partial charge in [0.1, 0.15) is 0 Å². The van der Waals surface area contributed by atoms with Gasteiger partial charge in [0, 0.05) is 11.8 Å². The Kier molecular flexibility index (Phi) is 6.71. The van der Waals surface area contributed by atoms with Crippen molar-refractivity contribution in [3.8, 4) is 5.88 Å². The highest BCUT2D eigenvalue weighted by atomic mass is 16.5. The van der Waals surface area contributed by atoms with Crippen molar-refractivity contribution in [1.82, 2.24) is 4.98 Å². The zero-order valence-corrected chi connectivity index (χ0v) is 11.4. The Bertz CT molecular complexity index is 409. The Morgan fingerprint density at radius 3 is 2.47 bits per heavy atom. The van der Waals surface area contributed by atoms with Gasteiger partial charge in [0.05, 0.1) is 12.8 Å². The van der Waals surface area contributed by atoms with Gasteiger partial charge in [-0.05, 0) is 31.1 Å². The predicted octanol–water partition coefficient (Wildman–Crippen LogP) is 3.30. The van der Waals surface area contributed by atoms with E-state index in [2.05, 4.69) is 11.6 Å². The van der Waals surface area contributed by atoms with Crippen LogP contribution in [0, 0.1) is 6.92 Å². The molecule has 0 unspecified atom stereocenters. The number of rotatable bonds is 3. The predicted molar refractivity (Wildman–Crippen MR) is 73.9 cm³/mol. The maximum Gasteiger partial charge on any atom is 0.213 e. The van der Waals surface area contributed by atoms with Crippen molar-refractivity contribution in [1.29, 1.82) is 0 Å². The quantitative estimate of drug-likeness (QED) is 0.816. The van der Waals surface area contributed by atoms with Crippen LogP contribution < -0.4 is 10.5 Å². The number of methoxy groups -OCH3 is 1. The average molecular weight is 234 g/mol. The molecule has 0 bridgehead atoms. The molecule has 0 radical (unpaired) electrons. The summed E-state index contributed by atoms with van der Waals surface area (Å²) in [4.78, 5) is 4.35. The van der Waals surface area contributed by atoms with Crippen molar-refractivity contribution in [2.24, 2.45) is 5.73 Å². The van der Waals surface area contributed by atoms with Crippen molar-refractivity contribution in [2.75, 3.05) is 7.11 Å². The van der Waals surface area contributed by atoms with E-state index in [4.69, 9.17) is 10.5 Å². The molecule has 1 heterocycles. The number of aryl methyl sites for hydroxylation is 1.